The fourth-order valence-electron chi connectivity index (χ4n) is 2.27. The average molecular weight is 261 g/mol. The fraction of sp³-hybridized carbons (Fsp3) is 0.429. The molecular weight excluding hydrogens is 242 g/mol. The maximum absolute atomic E-state index is 12.0. The molecule has 0 spiro atoms. The van der Waals surface area contributed by atoms with E-state index in [-0.39, 0.29) is 11.8 Å². The van der Waals surface area contributed by atoms with Crippen molar-refractivity contribution in [2.24, 2.45) is 0 Å². The van der Waals surface area contributed by atoms with Gasteiger partial charge in [-0.25, -0.2) is 14.5 Å². The number of rotatable bonds is 4. The van der Waals surface area contributed by atoms with Crippen molar-refractivity contribution < 1.29 is 4.74 Å². The molecule has 1 aromatic carbocycles. The monoisotopic (exact) mass is 261 g/mol. The van der Waals surface area contributed by atoms with E-state index in [1.807, 2.05) is 39.0 Å². The predicted molar refractivity (Wildman–Crippen MR) is 73.7 cm³/mol. The van der Waals surface area contributed by atoms with E-state index in [1.54, 1.807) is 11.7 Å². The Kier molecular flexibility index (Phi) is 3.85. The first-order valence-electron chi connectivity index (χ1n) is 6.36. The number of ether oxygens (including phenoxy) is 1. The molecule has 1 atom stereocenters. The van der Waals surface area contributed by atoms with Crippen molar-refractivity contribution in [3.63, 3.8) is 0 Å². The Bertz CT molecular complexity index is 624. The highest BCUT2D eigenvalue weighted by molar-refractivity contribution is 5.43. The molecule has 0 fully saturated rings. The van der Waals surface area contributed by atoms with Gasteiger partial charge in [-0.2, -0.15) is 5.10 Å². The van der Waals surface area contributed by atoms with Gasteiger partial charge in [-0.05, 0) is 31.9 Å². The summed E-state index contributed by atoms with van der Waals surface area (Å²) in [5.74, 6) is 0.613. The topological polar surface area (TPSA) is 59.9 Å². The van der Waals surface area contributed by atoms with E-state index in [0.29, 0.717) is 5.82 Å². The minimum absolute atomic E-state index is 0.195. The van der Waals surface area contributed by atoms with Gasteiger partial charge < -0.3 is 4.74 Å². The first-order chi connectivity index (χ1) is 9.08. The Labute approximate surface area is 112 Å². The Balaban J connectivity index is 2.61. The molecular formula is C14H19N3O2. The van der Waals surface area contributed by atoms with Gasteiger partial charge in [0.15, 0.2) is 5.82 Å². The van der Waals surface area contributed by atoms with Gasteiger partial charge in [0.05, 0.1) is 5.69 Å². The molecule has 0 amide bonds. The summed E-state index contributed by atoms with van der Waals surface area (Å²) in [6.45, 7) is 6.01. The Morgan fingerprint density at radius 2 is 2.16 bits per heavy atom. The Morgan fingerprint density at radius 3 is 2.74 bits per heavy atom. The summed E-state index contributed by atoms with van der Waals surface area (Å²) in [7, 11) is 1.62. The lowest BCUT2D eigenvalue weighted by atomic mass is 10.1. The molecule has 2 aromatic rings. The highest BCUT2D eigenvalue weighted by Crippen LogP contribution is 2.21. The molecule has 1 heterocycles. The van der Waals surface area contributed by atoms with Crippen LogP contribution in [0.3, 0.4) is 0 Å². The van der Waals surface area contributed by atoms with Crippen molar-refractivity contribution in [2.75, 3.05) is 7.11 Å². The van der Waals surface area contributed by atoms with Crippen molar-refractivity contribution in [3.05, 3.63) is 45.6 Å². The number of H-pyrrole nitrogens is 1. The van der Waals surface area contributed by atoms with Crippen LogP contribution in [0.5, 0.6) is 0 Å². The van der Waals surface area contributed by atoms with Crippen molar-refractivity contribution in [2.45, 2.75) is 33.3 Å². The maximum atomic E-state index is 12.0. The molecule has 1 N–H and O–H groups in total. The third-order valence-corrected chi connectivity index (χ3v) is 3.23. The molecule has 0 saturated heterocycles. The van der Waals surface area contributed by atoms with E-state index in [4.69, 9.17) is 4.74 Å². The second-order valence-electron chi connectivity index (χ2n) is 4.64. The molecule has 0 aliphatic heterocycles. The van der Waals surface area contributed by atoms with Gasteiger partial charge in [0.1, 0.15) is 6.10 Å². The molecule has 5 nitrogen and oxygen atoms in total. The summed E-state index contributed by atoms with van der Waals surface area (Å²) in [6.07, 6.45) is 0.561. The van der Waals surface area contributed by atoms with Crippen LogP contribution in [0.15, 0.2) is 23.0 Å². The summed E-state index contributed by atoms with van der Waals surface area (Å²) in [5.41, 5.74) is 2.81. The van der Waals surface area contributed by atoms with Crippen LogP contribution in [0.1, 0.15) is 36.4 Å². The van der Waals surface area contributed by atoms with Crippen molar-refractivity contribution in [1.82, 2.24) is 14.8 Å². The SMILES string of the molecule is CCC(OC)c1n[nH]c(=O)n1-c1ccc(C)cc1C. The van der Waals surface area contributed by atoms with Crippen LogP contribution in [0.2, 0.25) is 0 Å². The summed E-state index contributed by atoms with van der Waals surface area (Å²) < 4.78 is 6.97. The average Bonchev–Trinajstić information content (AvgIpc) is 2.74. The van der Waals surface area contributed by atoms with Crippen LogP contribution >= 0.6 is 0 Å². The van der Waals surface area contributed by atoms with Crippen LogP contribution < -0.4 is 5.69 Å². The van der Waals surface area contributed by atoms with E-state index >= 15 is 0 Å². The third-order valence-electron chi connectivity index (χ3n) is 3.23. The molecule has 0 aliphatic carbocycles. The van der Waals surface area contributed by atoms with Crippen molar-refractivity contribution in [1.29, 1.82) is 0 Å². The lowest BCUT2D eigenvalue weighted by Gasteiger charge is -2.15. The molecule has 1 unspecified atom stereocenters. The second-order valence-corrected chi connectivity index (χ2v) is 4.64. The fourth-order valence-corrected chi connectivity index (χ4v) is 2.27. The van der Waals surface area contributed by atoms with Gasteiger partial charge >= 0.3 is 5.69 Å². The highest BCUT2D eigenvalue weighted by atomic mass is 16.5. The molecule has 1 aromatic heterocycles. The molecule has 19 heavy (non-hydrogen) atoms. The van der Waals surface area contributed by atoms with Crippen LogP contribution in [0, 0.1) is 13.8 Å². The van der Waals surface area contributed by atoms with Gasteiger partial charge in [-0.1, -0.05) is 24.6 Å². The highest BCUT2D eigenvalue weighted by Gasteiger charge is 2.19. The number of hydrogen-bond donors (Lipinski definition) is 1. The third kappa shape index (κ3) is 2.46. The second kappa shape index (κ2) is 5.40. The lowest BCUT2D eigenvalue weighted by molar-refractivity contribution is 0.0909. The minimum Gasteiger partial charge on any atom is -0.373 e. The molecule has 0 bridgehead atoms. The van der Waals surface area contributed by atoms with E-state index < -0.39 is 0 Å². The van der Waals surface area contributed by atoms with E-state index in [1.165, 1.54) is 0 Å². The molecule has 102 valence electrons. The Hall–Kier alpha value is -1.88. The molecule has 0 radical (unpaired) electrons. The number of nitrogens with zero attached hydrogens (tertiary/aromatic N) is 2. The predicted octanol–water partition coefficient (Wildman–Crippen LogP) is 2.27. The summed E-state index contributed by atoms with van der Waals surface area (Å²) in [5, 5.41) is 6.60. The molecule has 0 aliphatic rings. The maximum Gasteiger partial charge on any atom is 0.348 e. The number of aromatic amines is 1. The molecule has 5 heteroatoms. The standard InChI is InChI=1S/C14H19N3O2/c1-5-12(19-4)13-15-16-14(18)17(13)11-7-6-9(2)8-10(11)3/h6-8,12H,5H2,1-4H3,(H,16,18). The normalized spacial score (nSPS) is 12.6. The van der Waals surface area contributed by atoms with Gasteiger partial charge in [-0.15, -0.1) is 0 Å². The van der Waals surface area contributed by atoms with Crippen molar-refractivity contribution in [3.8, 4) is 5.69 Å². The lowest BCUT2D eigenvalue weighted by Crippen LogP contribution is -2.20. The van der Waals surface area contributed by atoms with Crippen LogP contribution in [-0.4, -0.2) is 21.9 Å². The number of benzene rings is 1. The summed E-state index contributed by atoms with van der Waals surface area (Å²) >= 11 is 0. The van der Waals surface area contributed by atoms with E-state index in [0.717, 1.165) is 23.2 Å². The number of methoxy groups -OCH3 is 1. The number of aromatic nitrogens is 3. The Morgan fingerprint density at radius 1 is 1.42 bits per heavy atom. The number of aryl methyl sites for hydroxylation is 2. The van der Waals surface area contributed by atoms with Crippen molar-refractivity contribution >= 4 is 0 Å². The summed E-state index contributed by atoms with van der Waals surface area (Å²) in [6, 6.07) is 5.97. The van der Waals surface area contributed by atoms with Gasteiger partial charge in [0.25, 0.3) is 0 Å². The number of nitrogens with one attached hydrogen (secondary N) is 1. The zero-order valence-electron chi connectivity index (χ0n) is 11.7. The first kappa shape index (κ1) is 13.5. The quantitative estimate of drug-likeness (QED) is 0.918. The molecule has 0 saturated carbocycles. The summed E-state index contributed by atoms with van der Waals surface area (Å²) in [4.78, 5) is 12.0. The van der Waals surface area contributed by atoms with Crippen LogP contribution in [-0.2, 0) is 4.74 Å². The van der Waals surface area contributed by atoms with Crippen LogP contribution in [0.4, 0.5) is 0 Å². The zero-order chi connectivity index (χ0) is 14.0. The largest absolute Gasteiger partial charge is 0.373 e. The first-order valence-corrected chi connectivity index (χ1v) is 6.36. The smallest absolute Gasteiger partial charge is 0.348 e. The minimum atomic E-state index is -0.238. The van der Waals surface area contributed by atoms with Gasteiger partial charge in [-0.3, -0.25) is 0 Å². The van der Waals surface area contributed by atoms with Gasteiger partial charge in [0.2, 0.25) is 0 Å². The van der Waals surface area contributed by atoms with Gasteiger partial charge in [0, 0.05) is 7.11 Å². The zero-order valence-corrected chi connectivity index (χ0v) is 11.7. The van der Waals surface area contributed by atoms with E-state index in [2.05, 4.69) is 10.2 Å². The van der Waals surface area contributed by atoms with Crippen LogP contribution in [0.25, 0.3) is 5.69 Å². The number of hydrogen-bond acceptors (Lipinski definition) is 3. The molecule has 2 rings (SSSR count). The van der Waals surface area contributed by atoms with E-state index in [9.17, 15) is 4.79 Å².